The Balaban J connectivity index is 2.03. The van der Waals surface area contributed by atoms with E-state index in [1.54, 1.807) is 15.6 Å². The van der Waals surface area contributed by atoms with Gasteiger partial charge >= 0.3 is 0 Å². The fourth-order valence-corrected chi connectivity index (χ4v) is 5.32. The molecule has 1 aliphatic rings. The summed E-state index contributed by atoms with van der Waals surface area (Å²) < 4.78 is 25.9. The monoisotopic (exact) mass is 381 g/mol. The Kier molecular flexibility index (Phi) is 5.61. The lowest BCUT2D eigenvalue weighted by atomic mass is 9.92. The van der Waals surface area contributed by atoms with Crippen LogP contribution in [-0.4, -0.2) is 32.1 Å². The molecule has 114 valence electrons. The van der Waals surface area contributed by atoms with Gasteiger partial charge in [-0.2, -0.15) is 0 Å². The summed E-state index contributed by atoms with van der Waals surface area (Å²) in [6.45, 7) is 1.23. The Morgan fingerprint density at radius 2 is 2.40 bits per heavy atom. The molecule has 2 unspecified atom stereocenters. The van der Waals surface area contributed by atoms with Crippen LogP contribution in [0.3, 0.4) is 0 Å². The number of sulfonamides is 1. The number of hydrazine groups is 1. The third-order valence-corrected chi connectivity index (χ3v) is 6.94. The van der Waals surface area contributed by atoms with Crippen molar-refractivity contribution in [1.82, 2.24) is 9.73 Å². The van der Waals surface area contributed by atoms with Crippen molar-refractivity contribution in [3.05, 3.63) is 20.8 Å². The molecule has 3 N–H and O–H groups in total. The Labute approximate surface area is 132 Å². The highest BCUT2D eigenvalue weighted by molar-refractivity contribution is 9.10. The van der Waals surface area contributed by atoms with Gasteiger partial charge in [0.25, 0.3) is 0 Å². The number of halogens is 1. The maximum absolute atomic E-state index is 11.7. The summed E-state index contributed by atoms with van der Waals surface area (Å²) >= 11 is 5.18. The van der Waals surface area contributed by atoms with Crippen molar-refractivity contribution >= 4 is 37.3 Å². The Morgan fingerprint density at radius 1 is 1.65 bits per heavy atom. The minimum Gasteiger partial charge on any atom is -0.271 e. The van der Waals surface area contributed by atoms with E-state index in [0.717, 1.165) is 23.7 Å². The minimum absolute atomic E-state index is 0.0638. The molecule has 1 aromatic rings. The van der Waals surface area contributed by atoms with E-state index in [1.165, 1.54) is 11.1 Å². The fourth-order valence-electron chi connectivity index (χ4n) is 2.66. The van der Waals surface area contributed by atoms with Crippen LogP contribution in [0, 0.1) is 5.92 Å². The number of piperidine rings is 1. The van der Waals surface area contributed by atoms with Gasteiger partial charge in [-0.1, -0.05) is 0 Å². The number of nitrogens with one attached hydrogen (secondary N) is 1. The molecular weight excluding hydrogens is 362 g/mol. The highest BCUT2D eigenvalue weighted by Crippen LogP contribution is 2.34. The lowest BCUT2D eigenvalue weighted by Gasteiger charge is -2.32. The van der Waals surface area contributed by atoms with E-state index < -0.39 is 10.0 Å². The lowest BCUT2D eigenvalue weighted by Crippen LogP contribution is -2.41. The van der Waals surface area contributed by atoms with Crippen LogP contribution < -0.4 is 11.3 Å². The number of nitrogens with zero attached hydrogens (tertiary/aromatic N) is 1. The topological polar surface area (TPSA) is 75.4 Å². The van der Waals surface area contributed by atoms with E-state index in [9.17, 15) is 8.42 Å². The van der Waals surface area contributed by atoms with Gasteiger partial charge in [0, 0.05) is 22.4 Å². The predicted molar refractivity (Wildman–Crippen MR) is 85.8 cm³/mol. The summed E-state index contributed by atoms with van der Waals surface area (Å²) in [6.07, 6.45) is 4.10. The Morgan fingerprint density at radius 3 is 2.95 bits per heavy atom. The van der Waals surface area contributed by atoms with Crippen molar-refractivity contribution in [3.63, 3.8) is 0 Å². The highest BCUT2D eigenvalue weighted by atomic mass is 79.9. The summed E-state index contributed by atoms with van der Waals surface area (Å²) in [5.41, 5.74) is 2.86. The van der Waals surface area contributed by atoms with Crippen LogP contribution in [0.15, 0.2) is 15.9 Å². The summed E-state index contributed by atoms with van der Waals surface area (Å²) in [5.74, 6) is 6.02. The van der Waals surface area contributed by atoms with Crippen molar-refractivity contribution in [2.45, 2.75) is 25.3 Å². The van der Waals surface area contributed by atoms with Crippen LogP contribution in [0.2, 0.25) is 0 Å². The second kappa shape index (κ2) is 6.85. The van der Waals surface area contributed by atoms with E-state index in [4.69, 9.17) is 5.84 Å². The van der Waals surface area contributed by atoms with E-state index in [2.05, 4.69) is 21.4 Å². The summed E-state index contributed by atoms with van der Waals surface area (Å²) in [7, 11) is -3.09. The van der Waals surface area contributed by atoms with Gasteiger partial charge in [0.05, 0.1) is 12.3 Å². The zero-order valence-electron chi connectivity index (χ0n) is 11.4. The van der Waals surface area contributed by atoms with E-state index >= 15 is 0 Å². The number of thiophene rings is 1. The van der Waals surface area contributed by atoms with Crippen molar-refractivity contribution in [2.75, 3.05) is 19.3 Å². The van der Waals surface area contributed by atoms with Gasteiger partial charge in [0.1, 0.15) is 0 Å². The molecule has 1 aliphatic heterocycles. The fraction of sp³-hybridized carbons (Fsp3) is 0.667. The highest BCUT2D eigenvalue weighted by Gasteiger charge is 2.28. The van der Waals surface area contributed by atoms with Gasteiger partial charge < -0.3 is 0 Å². The molecule has 5 nitrogen and oxygen atoms in total. The zero-order chi connectivity index (χ0) is 14.8. The molecular formula is C12H20BrN3O2S2. The molecule has 2 rings (SSSR count). The van der Waals surface area contributed by atoms with Crippen LogP contribution in [0.25, 0.3) is 0 Å². The number of nitrogens with two attached hydrogens (primary N) is 1. The van der Waals surface area contributed by atoms with Crippen molar-refractivity contribution in [1.29, 1.82) is 0 Å². The minimum atomic E-state index is -3.09. The normalized spacial score (nSPS) is 22.9. The van der Waals surface area contributed by atoms with Crippen LogP contribution in [0.5, 0.6) is 0 Å². The molecule has 1 saturated heterocycles. The van der Waals surface area contributed by atoms with E-state index in [1.807, 2.05) is 11.4 Å². The van der Waals surface area contributed by atoms with Gasteiger partial charge in [-0.25, -0.2) is 12.7 Å². The first-order valence-corrected chi connectivity index (χ1v) is 10.1. The molecule has 0 saturated carbocycles. The standard InChI is InChI=1S/C12H20BrN3O2S2/c1-20(17,18)16-5-2-3-9(8-16)7-11(15-14)12-10(13)4-6-19-12/h4,6,9,11,15H,2-3,5,7-8,14H2,1H3. The summed E-state index contributed by atoms with van der Waals surface area (Å²) in [5, 5.41) is 2.02. The zero-order valence-corrected chi connectivity index (χ0v) is 14.6. The van der Waals surface area contributed by atoms with Crippen molar-refractivity contribution in [2.24, 2.45) is 11.8 Å². The second-order valence-corrected chi connectivity index (χ2v) is 9.00. The molecule has 0 spiro atoms. The van der Waals surface area contributed by atoms with Crippen LogP contribution in [0.4, 0.5) is 0 Å². The largest absolute Gasteiger partial charge is 0.271 e. The number of rotatable bonds is 5. The molecule has 1 fully saturated rings. The molecule has 0 aliphatic carbocycles. The van der Waals surface area contributed by atoms with Gasteiger partial charge in [-0.3, -0.25) is 11.3 Å². The van der Waals surface area contributed by atoms with Gasteiger partial charge in [0.2, 0.25) is 10.0 Å². The summed E-state index contributed by atoms with van der Waals surface area (Å²) in [6, 6.07) is 2.07. The van der Waals surface area contributed by atoms with Crippen LogP contribution in [0.1, 0.15) is 30.2 Å². The SMILES string of the molecule is CS(=O)(=O)N1CCCC(CC(NN)c2sccc2Br)C1. The van der Waals surface area contributed by atoms with Crippen molar-refractivity contribution in [3.8, 4) is 0 Å². The van der Waals surface area contributed by atoms with Gasteiger partial charge in [0.15, 0.2) is 0 Å². The molecule has 0 aromatic carbocycles. The smallest absolute Gasteiger partial charge is 0.211 e. The second-order valence-electron chi connectivity index (χ2n) is 5.22. The lowest BCUT2D eigenvalue weighted by molar-refractivity contribution is 0.239. The molecule has 0 bridgehead atoms. The van der Waals surface area contributed by atoms with Crippen LogP contribution in [-0.2, 0) is 10.0 Å². The average molecular weight is 382 g/mol. The van der Waals surface area contributed by atoms with Gasteiger partial charge in [-0.05, 0) is 52.6 Å². The van der Waals surface area contributed by atoms with E-state index in [0.29, 0.717) is 19.0 Å². The van der Waals surface area contributed by atoms with E-state index in [-0.39, 0.29) is 6.04 Å². The van der Waals surface area contributed by atoms with Crippen molar-refractivity contribution < 1.29 is 8.42 Å². The molecule has 2 atom stereocenters. The molecule has 0 radical (unpaired) electrons. The Bertz CT molecular complexity index is 547. The maximum Gasteiger partial charge on any atom is 0.211 e. The van der Waals surface area contributed by atoms with Crippen LogP contribution >= 0.6 is 27.3 Å². The predicted octanol–water partition coefficient (Wildman–Crippen LogP) is 2.08. The first kappa shape index (κ1) is 16.4. The number of hydrogen-bond donors (Lipinski definition) is 2. The molecule has 0 amide bonds. The number of hydrogen-bond acceptors (Lipinski definition) is 5. The molecule has 2 heterocycles. The maximum atomic E-state index is 11.7. The Hall–Kier alpha value is 0.01000. The van der Waals surface area contributed by atoms with Gasteiger partial charge in [-0.15, -0.1) is 11.3 Å². The molecule has 8 heteroatoms. The first-order chi connectivity index (χ1) is 9.41. The average Bonchev–Trinajstić information content (AvgIpc) is 2.81. The molecule has 1 aromatic heterocycles. The first-order valence-electron chi connectivity index (χ1n) is 6.56. The third kappa shape index (κ3) is 4.02. The quantitative estimate of drug-likeness (QED) is 0.604. The molecule has 20 heavy (non-hydrogen) atoms. The third-order valence-electron chi connectivity index (χ3n) is 3.68. The summed E-state index contributed by atoms with van der Waals surface area (Å²) in [4.78, 5) is 1.17.